The number of ether oxygens (including phenoxy) is 1. The van der Waals surface area contributed by atoms with Gasteiger partial charge in [-0.25, -0.2) is 4.79 Å². The van der Waals surface area contributed by atoms with Crippen molar-refractivity contribution >= 4 is 17.9 Å². The van der Waals surface area contributed by atoms with E-state index in [9.17, 15) is 14.4 Å². The maximum Gasteiger partial charge on any atom is 0.318 e. The lowest BCUT2D eigenvalue weighted by atomic mass is 9.98. The fraction of sp³-hybridized carbons (Fsp3) is 0.727. The van der Waals surface area contributed by atoms with Crippen LogP contribution in [0, 0.1) is 5.92 Å². The Hall–Kier alpha value is -1.63. The number of hydrogen-bond donors (Lipinski definition) is 2. The molecule has 1 heterocycles. The minimum Gasteiger partial charge on any atom is -0.466 e. The Balaban J connectivity index is 2.41. The van der Waals surface area contributed by atoms with E-state index in [1.165, 1.54) is 0 Å². The fourth-order valence-corrected chi connectivity index (χ4v) is 2.03. The molecule has 1 atom stereocenters. The van der Waals surface area contributed by atoms with Crippen LogP contribution in [0.15, 0.2) is 0 Å². The molecule has 1 fully saturated rings. The van der Waals surface area contributed by atoms with Crippen molar-refractivity contribution in [1.82, 2.24) is 10.2 Å². The normalized spacial score (nSPS) is 20.2. The van der Waals surface area contributed by atoms with E-state index in [-0.39, 0.29) is 18.4 Å². The van der Waals surface area contributed by atoms with E-state index < -0.39 is 11.9 Å². The van der Waals surface area contributed by atoms with E-state index >= 15 is 0 Å². The number of piperidine rings is 1. The van der Waals surface area contributed by atoms with Crippen LogP contribution in [0.4, 0.5) is 4.79 Å². The molecule has 0 aromatic heterocycles. The van der Waals surface area contributed by atoms with Crippen LogP contribution < -0.4 is 11.1 Å². The Morgan fingerprint density at radius 2 is 2.17 bits per heavy atom. The summed E-state index contributed by atoms with van der Waals surface area (Å²) < 4.78 is 4.96. The summed E-state index contributed by atoms with van der Waals surface area (Å²) in [6.07, 6.45) is 1.60. The van der Waals surface area contributed by atoms with E-state index in [4.69, 9.17) is 10.5 Å². The maximum atomic E-state index is 11.6. The molecule has 0 aromatic carbocycles. The van der Waals surface area contributed by atoms with Crippen molar-refractivity contribution in [1.29, 1.82) is 0 Å². The minimum atomic E-state index is -0.862. The van der Waals surface area contributed by atoms with Gasteiger partial charge in [-0.05, 0) is 26.3 Å². The topological polar surface area (TPSA) is 102 Å². The first kappa shape index (κ1) is 14.4. The third kappa shape index (κ3) is 4.70. The number of carbonyl (C=O) groups excluding carboxylic acids is 3. The van der Waals surface area contributed by atoms with Crippen LogP contribution in [0.2, 0.25) is 0 Å². The standard InChI is InChI=1S/C11H19N3O4/c1-2-18-10(16)8-4-3-5-14(6-8)7-9(15)13-11(12)17/h8H,2-7H2,1H3,(H3,12,13,15,17)/t8-/m0/s1. The number of carbonyl (C=O) groups is 3. The van der Waals surface area contributed by atoms with Gasteiger partial charge in [-0.2, -0.15) is 0 Å². The molecule has 0 bridgehead atoms. The zero-order valence-electron chi connectivity index (χ0n) is 10.5. The Morgan fingerprint density at radius 1 is 1.44 bits per heavy atom. The molecule has 18 heavy (non-hydrogen) atoms. The molecule has 1 aliphatic heterocycles. The predicted octanol–water partition coefficient (Wildman–Crippen LogP) is -0.544. The molecule has 0 saturated carbocycles. The molecule has 1 aliphatic rings. The summed E-state index contributed by atoms with van der Waals surface area (Å²) >= 11 is 0. The smallest absolute Gasteiger partial charge is 0.318 e. The molecular weight excluding hydrogens is 238 g/mol. The van der Waals surface area contributed by atoms with Gasteiger partial charge in [0.15, 0.2) is 0 Å². The highest BCUT2D eigenvalue weighted by Crippen LogP contribution is 2.17. The lowest BCUT2D eigenvalue weighted by molar-refractivity contribution is -0.150. The SMILES string of the molecule is CCOC(=O)[C@H]1CCCN(CC(=O)NC(N)=O)C1. The van der Waals surface area contributed by atoms with Crippen molar-refractivity contribution in [3.8, 4) is 0 Å². The molecule has 1 rings (SSSR count). The summed E-state index contributed by atoms with van der Waals surface area (Å²) in [5.74, 6) is -0.871. The number of imide groups is 1. The summed E-state index contributed by atoms with van der Waals surface area (Å²) in [5, 5.41) is 2.00. The van der Waals surface area contributed by atoms with Gasteiger partial charge in [-0.1, -0.05) is 0 Å². The Morgan fingerprint density at radius 3 is 2.78 bits per heavy atom. The first-order valence-electron chi connectivity index (χ1n) is 6.01. The van der Waals surface area contributed by atoms with Crippen molar-refractivity contribution in [2.75, 3.05) is 26.2 Å². The zero-order valence-corrected chi connectivity index (χ0v) is 10.5. The number of hydrogen-bond acceptors (Lipinski definition) is 5. The Labute approximate surface area is 106 Å². The first-order chi connectivity index (χ1) is 8.52. The largest absolute Gasteiger partial charge is 0.466 e. The Kier molecular flexibility index (Phi) is 5.57. The third-order valence-corrected chi connectivity index (χ3v) is 2.76. The fourth-order valence-electron chi connectivity index (χ4n) is 2.03. The van der Waals surface area contributed by atoms with Crippen LogP contribution in [-0.4, -0.2) is 49.0 Å². The number of rotatable bonds is 4. The number of primary amides is 1. The molecule has 1 saturated heterocycles. The molecule has 0 radical (unpaired) electrons. The van der Waals surface area contributed by atoms with Gasteiger partial charge in [-0.15, -0.1) is 0 Å². The van der Waals surface area contributed by atoms with E-state index in [0.717, 1.165) is 19.4 Å². The van der Waals surface area contributed by atoms with E-state index in [2.05, 4.69) is 0 Å². The van der Waals surface area contributed by atoms with Gasteiger partial charge in [0.05, 0.1) is 19.1 Å². The van der Waals surface area contributed by atoms with Crippen molar-refractivity contribution in [3.05, 3.63) is 0 Å². The van der Waals surface area contributed by atoms with Crippen LogP contribution in [0.25, 0.3) is 0 Å². The summed E-state index contributed by atoms with van der Waals surface area (Å²) in [5.41, 5.74) is 4.85. The van der Waals surface area contributed by atoms with Gasteiger partial charge in [0.25, 0.3) is 0 Å². The highest BCUT2D eigenvalue weighted by molar-refractivity contribution is 5.94. The van der Waals surface area contributed by atoms with Crippen molar-refractivity contribution in [2.24, 2.45) is 11.7 Å². The second-order valence-corrected chi connectivity index (χ2v) is 4.24. The average Bonchev–Trinajstić information content (AvgIpc) is 2.28. The molecular formula is C11H19N3O4. The van der Waals surface area contributed by atoms with Crippen LogP contribution in [0.1, 0.15) is 19.8 Å². The van der Waals surface area contributed by atoms with E-state index in [1.807, 2.05) is 10.2 Å². The lowest BCUT2D eigenvalue weighted by Crippen LogP contribution is -2.46. The Bertz CT molecular complexity index is 332. The lowest BCUT2D eigenvalue weighted by Gasteiger charge is -2.30. The number of esters is 1. The predicted molar refractivity (Wildman–Crippen MR) is 63.5 cm³/mol. The molecule has 0 aromatic rings. The molecule has 3 N–H and O–H groups in total. The molecule has 0 spiro atoms. The number of nitrogens with zero attached hydrogens (tertiary/aromatic N) is 1. The van der Waals surface area contributed by atoms with Crippen molar-refractivity contribution in [3.63, 3.8) is 0 Å². The zero-order chi connectivity index (χ0) is 13.5. The van der Waals surface area contributed by atoms with E-state index in [0.29, 0.717) is 13.2 Å². The van der Waals surface area contributed by atoms with Crippen LogP contribution >= 0.6 is 0 Å². The van der Waals surface area contributed by atoms with Gasteiger partial charge in [-0.3, -0.25) is 19.8 Å². The summed E-state index contributed by atoms with van der Waals surface area (Å²) in [6.45, 7) is 3.39. The third-order valence-electron chi connectivity index (χ3n) is 2.76. The summed E-state index contributed by atoms with van der Waals surface area (Å²) in [7, 11) is 0. The number of nitrogens with two attached hydrogens (primary N) is 1. The second-order valence-electron chi connectivity index (χ2n) is 4.24. The molecule has 0 unspecified atom stereocenters. The van der Waals surface area contributed by atoms with Crippen molar-refractivity contribution in [2.45, 2.75) is 19.8 Å². The summed E-state index contributed by atoms with van der Waals surface area (Å²) in [6, 6.07) is -0.862. The molecule has 7 nitrogen and oxygen atoms in total. The van der Waals surface area contributed by atoms with Gasteiger partial charge < -0.3 is 10.5 Å². The average molecular weight is 257 g/mol. The van der Waals surface area contributed by atoms with Gasteiger partial charge >= 0.3 is 12.0 Å². The van der Waals surface area contributed by atoms with Gasteiger partial charge in [0, 0.05) is 6.54 Å². The molecule has 0 aliphatic carbocycles. The van der Waals surface area contributed by atoms with Gasteiger partial charge in [0.2, 0.25) is 5.91 Å². The van der Waals surface area contributed by atoms with Gasteiger partial charge in [0.1, 0.15) is 0 Å². The highest BCUT2D eigenvalue weighted by atomic mass is 16.5. The van der Waals surface area contributed by atoms with Crippen LogP contribution in [-0.2, 0) is 14.3 Å². The van der Waals surface area contributed by atoms with Crippen LogP contribution in [0.3, 0.4) is 0 Å². The molecule has 3 amide bonds. The minimum absolute atomic E-state index is 0.0683. The highest BCUT2D eigenvalue weighted by Gasteiger charge is 2.27. The number of amides is 3. The second kappa shape index (κ2) is 6.95. The summed E-state index contributed by atoms with van der Waals surface area (Å²) in [4.78, 5) is 35.3. The van der Waals surface area contributed by atoms with Crippen LogP contribution in [0.5, 0.6) is 0 Å². The maximum absolute atomic E-state index is 11.6. The number of likely N-dealkylation sites (tertiary alicyclic amines) is 1. The monoisotopic (exact) mass is 257 g/mol. The quantitative estimate of drug-likeness (QED) is 0.658. The van der Waals surface area contributed by atoms with Crippen molar-refractivity contribution < 1.29 is 19.1 Å². The van der Waals surface area contributed by atoms with E-state index in [1.54, 1.807) is 6.92 Å². The number of urea groups is 1. The first-order valence-corrected chi connectivity index (χ1v) is 6.01. The molecule has 7 heteroatoms. The number of nitrogens with one attached hydrogen (secondary N) is 1. The molecule has 102 valence electrons.